The van der Waals surface area contributed by atoms with Crippen LogP contribution in [0.5, 0.6) is 34.5 Å². The molecule has 0 unspecified atom stereocenters. The number of nitrogens with zero attached hydrogens (tertiary/aromatic N) is 2. The van der Waals surface area contributed by atoms with Gasteiger partial charge in [-0.25, -0.2) is 9.97 Å². The number of hydrogen-bond donors (Lipinski definition) is 8. The Kier molecular flexibility index (Phi) is 18.1. The van der Waals surface area contributed by atoms with Crippen LogP contribution in [0.2, 0.25) is 60.3 Å². The molecule has 9 rings (SSSR count). The van der Waals surface area contributed by atoms with E-state index in [0.717, 1.165) is 11.0 Å². The quantitative estimate of drug-likeness (QED) is 0.0304. The van der Waals surface area contributed by atoms with Crippen molar-refractivity contribution < 1.29 is 39.5 Å². The Labute approximate surface area is 441 Å². The average Bonchev–Trinajstić information content (AvgIpc) is 3.33. The number of nitrogen functional groups attached to an aromatic ring is 2. The van der Waals surface area contributed by atoms with E-state index in [9.17, 15) is 9.59 Å². The van der Waals surface area contributed by atoms with Crippen LogP contribution in [0.3, 0.4) is 0 Å². The van der Waals surface area contributed by atoms with Crippen LogP contribution in [0, 0.1) is 0 Å². The van der Waals surface area contributed by atoms with Gasteiger partial charge in [-0.1, -0.05) is 163 Å². The lowest BCUT2D eigenvalue weighted by Gasteiger charge is -2.06. The van der Waals surface area contributed by atoms with Crippen molar-refractivity contribution in [3.8, 4) is 57.4 Å². The molecular weight excluding hydrogens is 1150 g/mol. The van der Waals surface area contributed by atoms with E-state index in [1.54, 1.807) is 0 Å². The standard InChI is InChI=1S/2C12H8N2O2.3C6H2Cl4O2/c2*13-7-5-9-12(6-10(7)15)16-11-4-2-1-3-8(11)14-9;3*7-1-2(8)6(12)4(10)3(9)5(1)11/h2*1-6H,13H2;3*11-12H. The lowest BCUT2D eigenvalue weighted by atomic mass is 10.2. The lowest BCUT2D eigenvalue weighted by Crippen LogP contribution is -2.08. The monoisotopic (exact) mass is 1160 g/mol. The fraction of sp³-hybridized carbons (Fsp3) is 0. The second-order valence-corrected chi connectivity index (χ2v) is 17.5. The summed E-state index contributed by atoms with van der Waals surface area (Å²) in [4.78, 5) is 31.4. The molecule has 68 heavy (non-hydrogen) atoms. The van der Waals surface area contributed by atoms with Crippen molar-refractivity contribution in [3.63, 3.8) is 0 Å². The average molecular weight is 1170 g/mol. The highest BCUT2D eigenvalue weighted by Gasteiger charge is 2.21. The van der Waals surface area contributed by atoms with E-state index in [1.165, 1.54) is 24.3 Å². The zero-order valence-corrected chi connectivity index (χ0v) is 41.9. The second-order valence-electron chi connectivity index (χ2n) is 12.9. The molecule has 0 amide bonds. The van der Waals surface area contributed by atoms with E-state index in [4.69, 9.17) is 190 Å². The lowest BCUT2D eigenvalue weighted by molar-refractivity contribution is 0.461. The first-order valence-electron chi connectivity index (χ1n) is 17.8. The first kappa shape index (κ1) is 54.2. The van der Waals surface area contributed by atoms with Crippen LogP contribution in [-0.4, -0.2) is 40.6 Å². The van der Waals surface area contributed by atoms with Crippen molar-refractivity contribution in [1.82, 2.24) is 9.97 Å². The summed E-state index contributed by atoms with van der Waals surface area (Å²) in [6.07, 6.45) is 0. The number of anilines is 2. The van der Waals surface area contributed by atoms with E-state index in [0.29, 0.717) is 34.1 Å². The van der Waals surface area contributed by atoms with Gasteiger partial charge in [-0.3, -0.25) is 9.59 Å². The van der Waals surface area contributed by atoms with Crippen molar-refractivity contribution >= 4 is 173 Å². The van der Waals surface area contributed by atoms with E-state index >= 15 is 0 Å². The van der Waals surface area contributed by atoms with Crippen molar-refractivity contribution in [2.75, 3.05) is 11.5 Å². The fourth-order valence-corrected chi connectivity index (χ4v) is 7.56. The molecule has 0 aromatic heterocycles. The summed E-state index contributed by atoms with van der Waals surface area (Å²) in [6.45, 7) is 0. The molecule has 5 aromatic carbocycles. The Morgan fingerprint density at radius 1 is 0.368 bits per heavy atom. The minimum Gasteiger partial charge on any atom is -0.505 e. The summed E-state index contributed by atoms with van der Waals surface area (Å²) in [5, 5.41) is 52.3. The molecule has 4 aliphatic rings. The molecule has 2 heterocycles. The third kappa shape index (κ3) is 11.8. The van der Waals surface area contributed by atoms with Gasteiger partial charge in [0.05, 0.1) is 11.4 Å². The Balaban J connectivity index is 0.000000160. The van der Waals surface area contributed by atoms with Crippen LogP contribution in [0.15, 0.2) is 91.2 Å². The number of phenolic OH excluding ortho intramolecular Hbond substituents is 6. The van der Waals surface area contributed by atoms with Gasteiger partial charge in [-0.15, -0.1) is 0 Å². The molecule has 0 atom stereocenters. The van der Waals surface area contributed by atoms with Gasteiger partial charge in [0.15, 0.2) is 57.2 Å². The first-order chi connectivity index (χ1) is 31.9. The van der Waals surface area contributed by atoms with E-state index in [1.807, 2.05) is 48.5 Å². The molecule has 0 saturated heterocycles. The van der Waals surface area contributed by atoms with Crippen molar-refractivity contribution in [3.05, 3.63) is 154 Å². The molecule has 0 bridgehead atoms. The van der Waals surface area contributed by atoms with Gasteiger partial charge < -0.3 is 50.9 Å². The van der Waals surface area contributed by atoms with Crippen molar-refractivity contribution in [1.29, 1.82) is 0 Å². The minimum atomic E-state index is -0.439. The highest BCUT2D eigenvalue weighted by Crippen LogP contribution is 2.51. The summed E-state index contributed by atoms with van der Waals surface area (Å²) >= 11 is 65.7. The van der Waals surface area contributed by atoms with Crippen molar-refractivity contribution in [2.45, 2.75) is 0 Å². The molecular formula is C42H22Cl12N4O10. The number of hydrogen-bond acceptors (Lipinski definition) is 14. The Morgan fingerprint density at radius 3 is 0.824 bits per heavy atom. The normalized spacial score (nSPS) is 10.6. The molecule has 0 saturated carbocycles. The number of rotatable bonds is 0. The van der Waals surface area contributed by atoms with Gasteiger partial charge in [0.2, 0.25) is 10.9 Å². The van der Waals surface area contributed by atoms with Gasteiger partial charge in [-0.05, 0) is 36.4 Å². The Bertz CT molecular complexity index is 2850. The van der Waals surface area contributed by atoms with Gasteiger partial charge in [0.1, 0.15) is 82.7 Å². The number of benzene rings is 7. The van der Waals surface area contributed by atoms with Crippen LogP contribution >= 0.6 is 139 Å². The number of aromatic nitrogens is 2. The van der Waals surface area contributed by atoms with E-state index in [2.05, 4.69) is 9.97 Å². The number of aromatic hydroxyl groups is 6. The van der Waals surface area contributed by atoms with Crippen LogP contribution in [0.25, 0.3) is 45.1 Å². The minimum absolute atomic E-state index is 0.186. The Hall–Kier alpha value is -4.78. The van der Waals surface area contributed by atoms with Crippen molar-refractivity contribution in [2.24, 2.45) is 0 Å². The highest BCUT2D eigenvalue weighted by molar-refractivity contribution is 6.52. The summed E-state index contributed by atoms with van der Waals surface area (Å²) in [7, 11) is 0. The van der Waals surface area contributed by atoms with Gasteiger partial charge in [0, 0.05) is 12.1 Å². The summed E-state index contributed by atoms with van der Waals surface area (Å²) in [5.74, 6) is -1.72. The first-order valence-corrected chi connectivity index (χ1v) is 22.3. The molecule has 0 radical (unpaired) electrons. The van der Waals surface area contributed by atoms with E-state index in [-0.39, 0.29) is 82.5 Å². The second kappa shape index (κ2) is 22.8. The topological polar surface area (TPSA) is 260 Å². The van der Waals surface area contributed by atoms with Crippen LogP contribution in [0.1, 0.15) is 0 Å². The van der Waals surface area contributed by atoms with Crippen LogP contribution < -0.4 is 22.3 Å². The molecule has 0 fully saturated rings. The summed E-state index contributed by atoms with van der Waals surface area (Å²) < 4.78 is 11.1. The molecule has 354 valence electrons. The van der Waals surface area contributed by atoms with Gasteiger partial charge >= 0.3 is 0 Å². The number of phenols is 6. The van der Waals surface area contributed by atoms with Crippen LogP contribution in [0.4, 0.5) is 11.4 Å². The third-order valence-corrected chi connectivity index (χ3v) is 13.5. The summed E-state index contributed by atoms with van der Waals surface area (Å²) in [6, 6.07) is 20.6. The molecule has 2 aliphatic heterocycles. The van der Waals surface area contributed by atoms with Crippen LogP contribution in [-0.2, 0) is 0 Å². The molecule has 0 spiro atoms. The maximum Gasteiger partial charge on any atom is 0.205 e. The number of fused-ring (bicyclic) bond motifs is 4. The fourth-order valence-electron chi connectivity index (χ4n) is 5.06. The van der Waals surface area contributed by atoms with Gasteiger partial charge in [-0.2, -0.15) is 0 Å². The maximum absolute atomic E-state index is 11.4. The largest absolute Gasteiger partial charge is 0.505 e. The molecule has 5 aromatic rings. The highest BCUT2D eigenvalue weighted by atomic mass is 35.5. The predicted molar refractivity (Wildman–Crippen MR) is 272 cm³/mol. The summed E-state index contributed by atoms with van der Waals surface area (Å²) in [5.41, 5.74) is 14.9. The maximum atomic E-state index is 11.4. The van der Waals surface area contributed by atoms with Gasteiger partial charge in [0.25, 0.3) is 0 Å². The zero-order valence-electron chi connectivity index (χ0n) is 32.8. The zero-order chi connectivity index (χ0) is 50.6. The van der Waals surface area contributed by atoms with E-state index < -0.39 is 34.5 Å². The molecule has 10 N–H and O–H groups in total. The molecule has 14 nitrogen and oxygen atoms in total. The molecule has 26 heteroatoms. The Morgan fingerprint density at radius 2 is 0.588 bits per heavy atom. The third-order valence-electron chi connectivity index (χ3n) is 8.49. The smallest absolute Gasteiger partial charge is 0.205 e. The number of nitrogens with two attached hydrogens (primary N) is 2. The SMILES string of the molecule is Nc1cc2nc3ccccc3oc-2cc1=O.Nc1cc2nc3ccccc3oc-2cc1=O.Oc1c(Cl)c(Cl)c(O)c(Cl)c1Cl.Oc1c(Cl)c(Cl)c(O)c(Cl)c1Cl.Oc1c(Cl)c(Cl)c(O)c(Cl)c1Cl. The number of para-hydroxylation sites is 4. The number of halogens is 12. The molecule has 2 aliphatic carbocycles. The predicted octanol–water partition coefficient (Wildman–Crippen LogP) is 14.9.